The van der Waals surface area contributed by atoms with Crippen LogP contribution in [0.1, 0.15) is 25.7 Å². The first-order chi connectivity index (χ1) is 13.1. The maximum absolute atomic E-state index is 14.0. The van der Waals surface area contributed by atoms with Gasteiger partial charge in [0.25, 0.3) is 0 Å². The molecule has 1 atom stereocenters. The Hall–Kier alpha value is -1.45. The van der Waals surface area contributed by atoms with Crippen molar-refractivity contribution in [1.29, 1.82) is 0 Å². The van der Waals surface area contributed by atoms with Crippen molar-refractivity contribution >= 4 is 48.0 Å². The third kappa shape index (κ3) is 8.44. The molecule has 0 saturated carbocycles. The van der Waals surface area contributed by atoms with Gasteiger partial charge in [-0.2, -0.15) is 0 Å². The van der Waals surface area contributed by atoms with Crippen molar-refractivity contribution in [3.05, 3.63) is 24.0 Å². The number of benzene rings is 1. The Labute approximate surface area is 182 Å². The molecule has 29 heavy (non-hydrogen) atoms. The van der Waals surface area contributed by atoms with E-state index < -0.39 is 5.82 Å². The number of halogens is 3. The molecule has 7 nitrogen and oxygen atoms in total. The van der Waals surface area contributed by atoms with E-state index in [-0.39, 0.29) is 54.8 Å². The van der Waals surface area contributed by atoms with Crippen LogP contribution in [0.25, 0.3) is 0 Å². The lowest BCUT2D eigenvalue weighted by molar-refractivity contribution is -0.117. The molecule has 2 saturated heterocycles. The van der Waals surface area contributed by atoms with Crippen LogP contribution in [-0.2, 0) is 14.3 Å². The number of hydrogen-bond acceptors (Lipinski definition) is 5. The van der Waals surface area contributed by atoms with Crippen LogP contribution in [0.15, 0.2) is 18.2 Å². The fourth-order valence-corrected chi connectivity index (χ4v) is 3.36. The maximum Gasteiger partial charge on any atom is 0.225 e. The highest BCUT2D eigenvalue weighted by Gasteiger charge is 2.18. The normalized spacial score (nSPS) is 19.0. The van der Waals surface area contributed by atoms with Gasteiger partial charge in [0, 0.05) is 44.2 Å². The van der Waals surface area contributed by atoms with Gasteiger partial charge in [0.1, 0.15) is 5.82 Å². The highest BCUT2D eigenvalue weighted by atomic mass is 35.5. The third-order valence-corrected chi connectivity index (χ3v) is 4.88. The van der Waals surface area contributed by atoms with Gasteiger partial charge in [-0.1, -0.05) is 0 Å². The number of rotatable bonds is 7. The lowest BCUT2D eigenvalue weighted by atomic mass is 10.1. The molecule has 3 rings (SSSR count). The standard InChI is InChI=1S/C19H27FN4O3.2ClH/c20-16-4-3-15(22-19(26)13-14-2-1-6-21-14)12-17(16)23-18(25)5-7-24-8-10-27-11-9-24;;/h3-4,12,14,21H,1-2,5-11,13H2,(H,22,26)(H,23,25);2*1H. The van der Waals surface area contributed by atoms with Crippen LogP contribution in [0.3, 0.4) is 0 Å². The van der Waals surface area contributed by atoms with E-state index in [1.54, 1.807) is 0 Å². The second kappa shape index (κ2) is 13.0. The summed E-state index contributed by atoms with van der Waals surface area (Å²) >= 11 is 0. The minimum absolute atomic E-state index is 0. The summed E-state index contributed by atoms with van der Waals surface area (Å²) in [5.41, 5.74) is 0.557. The Balaban J connectivity index is 0.00000210. The SMILES string of the molecule is Cl.Cl.O=C(CC1CCCN1)Nc1ccc(F)c(NC(=O)CCN2CCOCC2)c1. The van der Waals surface area contributed by atoms with Gasteiger partial charge in [-0.15, -0.1) is 24.8 Å². The second-order valence-electron chi connectivity index (χ2n) is 6.99. The van der Waals surface area contributed by atoms with Crippen LogP contribution in [0.5, 0.6) is 0 Å². The number of nitrogens with zero attached hydrogens (tertiary/aromatic N) is 1. The number of nitrogens with one attached hydrogen (secondary N) is 3. The van der Waals surface area contributed by atoms with Gasteiger partial charge in [0.2, 0.25) is 11.8 Å². The van der Waals surface area contributed by atoms with Gasteiger partial charge in [-0.3, -0.25) is 14.5 Å². The number of carbonyl (C=O) groups excluding carboxylic acids is 2. The molecule has 0 spiro atoms. The van der Waals surface area contributed by atoms with Gasteiger partial charge in [0.05, 0.1) is 18.9 Å². The predicted molar refractivity (Wildman–Crippen MR) is 116 cm³/mol. The predicted octanol–water partition coefficient (Wildman–Crippen LogP) is 2.41. The molecule has 2 heterocycles. The molecule has 0 aromatic heterocycles. The van der Waals surface area contributed by atoms with Gasteiger partial charge in [-0.25, -0.2) is 4.39 Å². The summed E-state index contributed by atoms with van der Waals surface area (Å²) in [5, 5.41) is 8.65. The number of hydrogen-bond donors (Lipinski definition) is 3. The minimum Gasteiger partial charge on any atom is -0.379 e. The lowest BCUT2D eigenvalue weighted by Gasteiger charge is -2.26. The van der Waals surface area contributed by atoms with E-state index in [2.05, 4.69) is 20.9 Å². The van der Waals surface area contributed by atoms with Crippen LogP contribution in [0, 0.1) is 5.82 Å². The molecule has 3 N–H and O–H groups in total. The molecule has 2 aliphatic rings. The van der Waals surface area contributed by atoms with E-state index in [9.17, 15) is 14.0 Å². The van der Waals surface area contributed by atoms with Crippen molar-refractivity contribution in [2.75, 3.05) is 50.0 Å². The average Bonchev–Trinajstić information content (AvgIpc) is 3.16. The first kappa shape index (κ1) is 25.6. The van der Waals surface area contributed by atoms with E-state index in [0.29, 0.717) is 31.9 Å². The first-order valence-corrected chi connectivity index (χ1v) is 9.53. The zero-order chi connectivity index (χ0) is 19.1. The smallest absolute Gasteiger partial charge is 0.225 e. The summed E-state index contributed by atoms with van der Waals surface area (Å²) in [6, 6.07) is 4.41. The molecule has 1 aromatic carbocycles. The summed E-state index contributed by atoms with van der Waals surface area (Å²) in [7, 11) is 0. The maximum atomic E-state index is 14.0. The van der Waals surface area contributed by atoms with Gasteiger partial charge in [-0.05, 0) is 37.6 Å². The third-order valence-electron chi connectivity index (χ3n) is 4.88. The topological polar surface area (TPSA) is 82.7 Å². The monoisotopic (exact) mass is 450 g/mol. The average molecular weight is 451 g/mol. The highest BCUT2D eigenvalue weighted by molar-refractivity contribution is 5.94. The zero-order valence-corrected chi connectivity index (χ0v) is 17.9. The van der Waals surface area contributed by atoms with Crippen LogP contribution < -0.4 is 16.0 Å². The molecular weight excluding hydrogens is 422 g/mol. The molecule has 1 aromatic rings. The fourth-order valence-electron chi connectivity index (χ4n) is 3.36. The van der Waals surface area contributed by atoms with Gasteiger partial charge < -0.3 is 20.7 Å². The molecule has 10 heteroatoms. The Morgan fingerprint density at radius 1 is 1.17 bits per heavy atom. The highest BCUT2D eigenvalue weighted by Crippen LogP contribution is 2.20. The second-order valence-corrected chi connectivity index (χ2v) is 6.99. The minimum atomic E-state index is -0.523. The number of amides is 2. The summed E-state index contributed by atoms with van der Waals surface area (Å²) in [6.07, 6.45) is 2.73. The Kier molecular flexibility index (Phi) is 11.4. The van der Waals surface area contributed by atoms with Crippen LogP contribution >= 0.6 is 24.8 Å². The molecule has 0 bridgehead atoms. The number of ether oxygens (including phenoxy) is 1. The van der Waals surface area contributed by atoms with E-state index in [1.807, 2.05) is 0 Å². The van der Waals surface area contributed by atoms with Gasteiger partial charge in [0.15, 0.2) is 0 Å². The zero-order valence-electron chi connectivity index (χ0n) is 16.2. The van der Waals surface area contributed by atoms with Crippen molar-refractivity contribution in [2.24, 2.45) is 0 Å². The number of carbonyl (C=O) groups is 2. The molecule has 1 unspecified atom stereocenters. The van der Waals surface area contributed by atoms with E-state index in [1.165, 1.54) is 18.2 Å². The van der Waals surface area contributed by atoms with Gasteiger partial charge >= 0.3 is 0 Å². The Bertz CT molecular complexity index is 669. The van der Waals surface area contributed by atoms with Crippen LogP contribution in [0.2, 0.25) is 0 Å². The van der Waals surface area contributed by atoms with Crippen molar-refractivity contribution in [3.8, 4) is 0 Å². The number of morpholine rings is 1. The molecule has 2 aliphatic heterocycles. The molecule has 2 amide bonds. The first-order valence-electron chi connectivity index (χ1n) is 9.53. The van der Waals surface area contributed by atoms with Crippen molar-refractivity contribution in [3.63, 3.8) is 0 Å². The Morgan fingerprint density at radius 2 is 1.93 bits per heavy atom. The molecule has 0 radical (unpaired) electrons. The molecule has 164 valence electrons. The fraction of sp³-hybridized carbons (Fsp3) is 0.579. The summed E-state index contributed by atoms with van der Waals surface area (Å²) in [4.78, 5) is 26.4. The van der Waals surface area contributed by atoms with E-state index in [4.69, 9.17) is 4.74 Å². The van der Waals surface area contributed by atoms with E-state index >= 15 is 0 Å². The van der Waals surface area contributed by atoms with Crippen LogP contribution in [-0.4, -0.2) is 62.1 Å². The summed E-state index contributed by atoms with van der Waals surface area (Å²) in [6.45, 7) is 4.51. The van der Waals surface area contributed by atoms with Crippen molar-refractivity contribution in [2.45, 2.75) is 31.7 Å². The van der Waals surface area contributed by atoms with E-state index in [0.717, 1.165) is 32.5 Å². The van der Waals surface area contributed by atoms with Crippen molar-refractivity contribution in [1.82, 2.24) is 10.2 Å². The molecule has 2 fully saturated rings. The number of anilines is 2. The van der Waals surface area contributed by atoms with Crippen molar-refractivity contribution < 1.29 is 18.7 Å². The molecule has 0 aliphatic carbocycles. The van der Waals surface area contributed by atoms with Crippen LogP contribution in [0.4, 0.5) is 15.8 Å². The molecular formula is C19H29Cl2FN4O3. The largest absolute Gasteiger partial charge is 0.379 e. The Morgan fingerprint density at radius 3 is 2.62 bits per heavy atom. The lowest BCUT2D eigenvalue weighted by Crippen LogP contribution is -2.38. The quantitative estimate of drug-likeness (QED) is 0.593. The summed E-state index contributed by atoms with van der Waals surface area (Å²) in [5.74, 6) is -0.894. The summed E-state index contributed by atoms with van der Waals surface area (Å²) < 4.78 is 19.3.